The highest BCUT2D eigenvalue weighted by Crippen LogP contribution is 2.26. The van der Waals surface area contributed by atoms with Gasteiger partial charge in [0.1, 0.15) is 54.1 Å². The molecule has 3 heterocycles. The smallest absolute Gasteiger partial charge is 0.326 e. The van der Waals surface area contributed by atoms with E-state index in [1.54, 1.807) is 0 Å². The van der Waals surface area contributed by atoms with Crippen molar-refractivity contribution in [2.45, 2.75) is 113 Å². The number of aliphatic hydroxyl groups excluding tert-OH is 2. The molecule has 0 aromatic heterocycles. The minimum atomic E-state index is -1.48. The van der Waals surface area contributed by atoms with Crippen molar-refractivity contribution in [3.8, 4) is 5.75 Å². The first-order valence-electron chi connectivity index (χ1n) is 21.7. The van der Waals surface area contributed by atoms with Crippen molar-refractivity contribution in [3.05, 3.63) is 29.8 Å². The van der Waals surface area contributed by atoms with Gasteiger partial charge in [0.15, 0.2) is 0 Å². The number of benzene rings is 1. The number of phenolic OH excluding ortho intramolecular Hbond substituents is 1. The van der Waals surface area contributed by atoms with E-state index in [1.165, 1.54) is 34.1 Å². The van der Waals surface area contributed by atoms with Gasteiger partial charge >= 0.3 is 5.97 Å². The van der Waals surface area contributed by atoms with Crippen molar-refractivity contribution in [1.82, 2.24) is 41.3 Å². The zero-order chi connectivity index (χ0) is 47.8. The van der Waals surface area contributed by atoms with E-state index in [0.717, 1.165) is 4.90 Å². The average molecular weight is 935 g/mol. The SMILES string of the molecule is NCCCC[C@H](NC(=O)[C@@H](N)CO)C(=O)N[C@@H](Cc1ccc(O)cc1)C(=O)NCC(=O)N1CCC[C@H]1C(=O)N1CCC[C@H]1C(=O)N[C@@H](CS)C(=O)N[C@@H](CO)C(=O)N1CCC[C@H]1C(=O)O. The predicted octanol–water partition coefficient (Wildman–Crippen LogP) is -4.58. The van der Waals surface area contributed by atoms with Crippen LogP contribution in [0, 0.1) is 0 Å². The van der Waals surface area contributed by atoms with Crippen molar-refractivity contribution < 1.29 is 63.6 Å². The molecule has 8 amide bonds. The third-order valence-electron chi connectivity index (χ3n) is 11.7. The molecule has 0 radical (unpaired) electrons. The molecule has 0 spiro atoms. The number of thiol groups is 1. The number of nitrogens with two attached hydrogens (primary N) is 2. The molecule has 1 aromatic carbocycles. The summed E-state index contributed by atoms with van der Waals surface area (Å²) in [5.74, 6) is -7.24. The van der Waals surface area contributed by atoms with E-state index in [9.17, 15) is 63.6 Å². The molecule has 8 atom stereocenters. The number of aliphatic carboxylic acids is 1. The number of phenols is 1. The van der Waals surface area contributed by atoms with E-state index in [2.05, 4.69) is 39.2 Å². The summed E-state index contributed by atoms with van der Waals surface area (Å²) in [5, 5.41) is 51.1. The van der Waals surface area contributed by atoms with Crippen molar-refractivity contribution >= 4 is 65.9 Å². The van der Waals surface area contributed by atoms with Gasteiger partial charge in [-0.1, -0.05) is 12.1 Å². The molecular weight excluding hydrogens is 873 g/mol. The van der Waals surface area contributed by atoms with Crippen LogP contribution in [0.4, 0.5) is 0 Å². The third kappa shape index (κ3) is 14.2. The Balaban J connectivity index is 1.39. The third-order valence-corrected chi connectivity index (χ3v) is 12.0. The lowest BCUT2D eigenvalue weighted by atomic mass is 10.0. The van der Waals surface area contributed by atoms with Gasteiger partial charge in [-0.3, -0.25) is 38.4 Å². The Kier molecular flexibility index (Phi) is 20.2. The highest BCUT2D eigenvalue weighted by molar-refractivity contribution is 7.80. The molecule has 65 heavy (non-hydrogen) atoms. The summed E-state index contributed by atoms with van der Waals surface area (Å²) < 4.78 is 0. The van der Waals surface area contributed by atoms with Gasteiger partial charge in [0.05, 0.1) is 19.8 Å². The van der Waals surface area contributed by atoms with Gasteiger partial charge in [0.2, 0.25) is 47.3 Å². The van der Waals surface area contributed by atoms with Crippen LogP contribution in [0.2, 0.25) is 0 Å². The summed E-state index contributed by atoms with van der Waals surface area (Å²) >= 11 is 4.18. The predicted molar refractivity (Wildman–Crippen MR) is 233 cm³/mol. The van der Waals surface area contributed by atoms with Gasteiger partial charge in [-0.15, -0.1) is 0 Å². The summed E-state index contributed by atoms with van der Waals surface area (Å²) in [7, 11) is 0. The van der Waals surface area contributed by atoms with E-state index in [0.29, 0.717) is 44.2 Å². The maximum Gasteiger partial charge on any atom is 0.326 e. The molecule has 3 aliphatic rings. The summed E-state index contributed by atoms with van der Waals surface area (Å²) in [6.07, 6.45) is 3.03. The van der Waals surface area contributed by atoms with Crippen molar-refractivity contribution in [2.24, 2.45) is 11.5 Å². The normalized spacial score (nSPS) is 20.5. The Labute approximate surface area is 381 Å². The Morgan fingerprint density at radius 1 is 0.692 bits per heavy atom. The molecule has 0 unspecified atom stereocenters. The minimum Gasteiger partial charge on any atom is -0.508 e. The number of hydrogen-bond donors (Lipinski definition) is 12. The molecule has 3 aliphatic heterocycles. The van der Waals surface area contributed by atoms with Gasteiger partial charge < -0.3 is 73.2 Å². The fraction of sp³-hybridized carbons (Fsp3) is 0.634. The Morgan fingerprint density at radius 2 is 1.28 bits per heavy atom. The molecule has 24 heteroatoms. The first-order chi connectivity index (χ1) is 31.0. The molecule has 3 fully saturated rings. The summed E-state index contributed by atoms with van der Waals surface area (Å²) in [5.41, 5.74) is 11.8. The van der Waals surface area contributed by atoms with E-state index < -0.39 is 121 Å². The highest BCUT2D eigenvalue weighted by Gasteiger charge is 2.43. The number of carbonyl (C=O) groups is 9. The van der Waals surface area contributed by atoms with Gasteiger partial charge in [-0.2, -0.15) is 12.6 Å². The monoisotopic (exact) mass is 934 g/mol. The minimum absolute atomic E-state index is 0.0358. The standard InChI is InChI=1S/C41H62N10O13S/c42-14-2-1-6-26(45-34(56)25(43)20-52)36(58)46-27(18-23-10-12-24(54)13-11-23)35(57)44-19-33(55)49-15-4-8-31(49)40(62)50-16-3-7-30(50)38(60)48-29(22-65)37(59)47-28(21-53)39(61)51-17-5-9-32(51)41(63)64/h10-13,25-32,52-54,65H,1-9,14-22,42-43H2,(H,44,57)(H,45,56)(H,46,58)(H,47,59)(H,48,60)(H,63,64)/t25-,26-,27-,28-,29-,30-,31-,32-/m0/s1. The number of rotatable bonds is 23. The quantitative estimate of drug-likeness (QED) is 0.0363. The van der Waals surface area contributed by atoms with Crippen LogP contribution < -0.4 is 38.1 Å². The fourth-order valence-corrected chi connectivity index (χ4v) is 8.34. The highest BCUT2D eigenvalue weighted by atomic mass is 32.1. The number of unbranched alkanes of at least 4 members (excludes halogenated alkanes) is 1. The zero-order valence-corrected chi connectivity index (χ0v) is 37.0. The molecule has 1 aromatic rings. The topological polar surface area (TPSA) is 356 Å². The van der Waals surface area contributed by atoms with Crippen LogP contribution in [0.1, 0.15) is 63.4 Å². The van der Waals surface area contributed by atoms with E-state index >= 15 is 0 Å². The molecule has 360 valence electrons. The Bertz CT molecular complexity index is 1880. The van der Waals surface area contributed by atoms with Crippen LogP contribution in [0.15, 0.2) is 24.3 Å². The number of hydrogen-bond acceptors (Lipinski definition) is 15. The van der Waals surface area contributed by atoms with Crippen LogP contribution in [0.3, 0.4) is 0 Å². The maximum atomic E-state index is 14.1. The lowest BCUT2D eigenvalue weighted by Crippen LogP contribution is -2.59. The van der Waals surface area contributed by atoms with Crippen LogP contribution >= 0.6 is 12.6 Å². The van der Waals surface area contributed by atoms with Gasteiger partial charge in [-0.05, 0) is 82.0 Å². The van der Waals surface area contributed by atoms with E-state index in [-0.39, 0.29) is 63.2 Å². The summed E-state index contributed by atoms with van der Waals surface area (Å²) in [6, 6.07) is -3.77. The maximum absolute atomic E-state index is 14.1. The average Bonchev–Trinajstić information content (AvgIpc) is 4.11. The van der Waals surface area contributed by atoms with Crippen molar-refractivity contribution in [2.75, 3.05) is 51.7 Å². The summed E-state index contributed by atoms with van der Waals surface area (Å²) in [4.78, 5) is 123. The Morgan fingerprint density at radius 3 is 1.89 bits per heavy atom. The van der Waals surface area contributed by atoms with Crippen molar-refractivity contribution in [1.29, 1.82) is 0 Å². The second-order valence-corrected chi connectivity index (χ2v) is 16.6. The molecule has 3 saturated heterocycles. The number of carboxylic acids is 1. The first-order valence-corrected chi connectivity index (χ1v) is 22.4. The lowest BCUT2D eigenvalue weighted by molar-refractivity contribution is -0.150. The number of carbonyl (C=O) groups excluding carboxylic acids is 8. The number of aliphatic hydroxyl groups is 2. The number of nitrogens with one attached hydrogen (secondary N) is 5. The van der Waals surface area contributed by atoms with Crippen LogP contribution in [0.25, 0.3) is 0 Å². The molecule has 0 bridgehead atoms. The second kappa shape index (κ2) is 25.2. The van der Waals surface area contributed by atoms with Gasteiger partial charge in [-0.25, -0.2) is 4.79 Å². The number of carboxylic acid groups (broad SMARTS) is 1. The Hall–Kier alpha value is -5.56. The molecule has 13 N–H and O–H groups in total. The largest absolute Gasteiger partial charge is 0.508 e. The fourth-order valence-electron chi connectivity index (χ4n) is 8.08. The van der Waals surface area contributed by atoms with Crippen LogP contribution in [-0.4, -0.2) is 188 Å². The van der Waals surface area contributed by atoms with E-state index in [1.807, 2.05) is 0 Å². The molecule has 0 saturated carbocycles. The van der Waals surface area contributed by atoms with Gasteiger partial charge in [0, 0.05) is 31.8 Å². The van der Waals surface area contributed by atoms with Crippen LogP contribution in [-0.2, 0) is 49.6 Å². The van der Waals surface area contributed by atoms with Crippen molar-refractivity contribution in [3.63, 3.8) is 0 Å². The first kappa shape index (κ1) is 52.1. The van der Waals surface area contributed by atoms with Gasteiger partial charge in [0.25, 0.3) is 0 Å². The number of amides is 8. The molecule has 4 rings (SSSR count). The second-order valence-electron chi connectivity index (χ2n) is 16.2. The molecular formula is C41H62N10O13S. The van der Waals surface area contributed by atoms with Crippen LogP contribution in [0.5, 0.6) is 5.75 Å². The lowest BCUT2D eigenvalue weighted by Gasteiger charge is -2.32. The molecule has 0 aliphatic carbocycles. The number of likely N-dealkylation sites (tertiary alicyclic amines) is 3. The van der Waals surface area contributed by atoms with E-state index in [4.69, 9.17) is 11.5 Å². The number of aromatic hydroxyl groups is 1. The number of nitrogens with zero attached hydrogens (tertiary/aromatic N) is 3. The molecule has 23 nitrogen and oxygen atoms in total. The summed E-state index contributed by atoms with van der Waals surface area (Å²) in [6.45, 7) is -1.28. The zero-order valence-electron chi connectivity index (χ0n) is 36.1.